The van der Waals surface area contributed by atoms with Crippen molar-refractivity contribution >= 4 is 18.3 Å². The predicted octanol–water partition coefficient (Wildman–Crippen LogP) is 2.13. The maximum atomic E-state index is 13.0. The topological polar surface area (TPSA) is 46.3 Å². The van der Waals surface area contributed by atoms with Gasteiger partial charge in [0.1, 0.15) is 11.6 Å². The lowest BCUT2D eigenvalue weighted by molar-refractivity contribution is -0.131. The van der Waals surface area contributed by atoms with Crippen molar-refractivity contribution in [1.29, 1.82) is 0 Å². The minimum absolute atomic E-state index is 0. The molecule has 1 aromatic rings. The fourth-order valence-corrected chi connectivity index (χ4v) is 2.42. The molecule has 1 aromatic carbocycles. The summed E-state index contributed by atoms with van der Waals surface area (Å²) in [6.07, 6.45) is 1.85. The molecule has 0 radical (unpaired) electrons. The van der Waals surface area contributed by atoms with Crippen LogP contribution in [-0.4, -0.2) is 30.4 Å². The van der Waals surface area contributed by atoms with Crippen LogP contribution < -0.4 is 5.73 Å². The standard InChI is InChI=1S/C14H18F2N2O.ClH/c15-12-5-11(6-13(16)8-12)7-14(19)18-3-1-10(9-17)2-4-18;/h5-6,8,10H,1-4,7,9,17H2;1H. The summed E-state index contributed by atoms with van der Waals surface area (Å²) < 4.78 is 26.1. The lowest BCUT2D eigenvalue weighted by atomic mass is 9.96. The molecule has 2 N–H and O–H groups in total. The number of hydrogen-bond donors (Lipinski definition) is 1. The van der Waals surface area contributed by atoms with E-state index in [1.165, 1.54) is 12.1 Å². The number of nitrogens with zero attached hydrogens (tertiary/aromatic N) is 1. The Balaban J connectivity index is 0.00000200. The molecule has 1 heterocycles. The van der Waals surface area contributed by atoms with E-state index in [1.54, 1.807) is 4.90 Å². The summed E-state index contributed by atoms with van der Waals surface area (Å²) in [5, 5.41) is 0. The van der Waals surface area contributed by atoms with Crippen molar-refractivity contribution in [2.45, 2.75) is 19.3 Å². The monoisotopic (exact) mass is 304 g/mol. The zero-order valence-electron chi connectivity index (χ0n) is 11.1. The molecule has 1 aliphatic heterocycles. The SMILES string of the molecule is Cl.NCC1CCN(C(=O)Cc2cc(F)cc(F)c2)CC1. The third kappa shape index (κ3) is 4.42. The number of benzene rings is 1. The molecule has 20 heavy (non-hydrogen) atoms. The molecule has 1 saturated heterocycles. The second-order valence-corrected chi connectivity index (χ2v) is 5.01. The van der Waals surface area contributed by atoms with Gasteiger partial charge in [-0.1, -0.05) is 0 Å². The van der Waals surface area contributed by atoms with Crippen LogP contribution in [0, 0.1) is 17.6 Å². The van der Waals surface area contributed by atoms with Crippen LogP contribution in [0.5, 0.6) is 0 Å². The number of piperidine rings is 1. The quantitative estimate of drug-likeness (QED) is 0.930. The first kappa shape index (κ1) is 16.9. The maximum absolute atomic E-state index is 13.0. The van der Waals surface area contributed by atoms with E-state index >= 15 is 0 Å². The third-order valence-corrected chi connectivity index (χ3v) is 3.58. The van der Waals surface area contributed by atoms with E-state index in [2.05, 4.69) is 0 Å². The highest BCUT2D eigenvalue weighted by molar-refractivity contribution is 5.85. The van der Waals surface area contributed by atoms with Crippen LogP contribution in [0.2, 0.25) is 0 Å². The summed E-state index contributed by atoms with van der Waals surface area (Å²) in [4.78, 5) is 13.8. The summed E-state index contributed by atoms with van der Waals surface area (Å²) in [5.41, 5.74) is 5.97. The zero-order valence-corrected chi connectivity index (χ0v) is 12.0. The largest absolute Gasteiger partial charge is 0.342 e. The Morgan fingerprint density at radius 1 is 1.20 bits per heavy atom. The number of rotatable bonds is 3. The molecule has 0 aliphatic carbocycles. The van der Waals surface area contributed by atoms with E-state index in [4.69, 9.17) is 5.73 Å². The molecule has 2 rings (SSSR count). The van der Waals surface area contributed by atoms with Crippen molar-refractivity contribution < 1.29 is 13.6 Å². The smallest absolute Gasteiger partial charge is 0.226 e. The number of likely N-dealkylation sites (tertiary alicyclic amines) is 1. The van der Waals surface area contributed by atoms with E-state index in [0.29, 0.717) is 31.1 Å². The van der Waals surface area contributed by atoms with Crippen LogP contribution in [0.4, 0.5) is 8.78 Å². The molecular weight excluding hydrogens is 286 g/mol. The lowest BCUT2D eigenvalue weighted by Gasteiger charge is -2.31. The van der Waals surface area contributed by atoms with E-state index in [0.717, 1.165) is 18.9 Å². The number of carbonyl (C=O) groups excluding carboxylic acids is 1. The van der Waals surface area contributed by atoms with Crippen molar-refractivity contribution in [2.24, 2.45) is 11.7 Å². The van der Waals surface area contributed by atoms with Crippen molar-refractivity contribution in [1.82, 2.24) is 4.90 Å². The number of carbonyl (C=O) groups is 1. The van der Waals surface area contributed by atoms with Crippen molar-refractivity contribution in [3.8, 4) is 0 Å². The highest BCUT2D eigenvalue weighted by Gasteiger charge is 2.22. The molecule has 0 aromatic heterocycles. The number of nitrogens with two attached hydrogens (primary N) is 1. The number of halogens is 3. The first-order chi connectivity index (χ1) is 9.08. The van der Waals surface area contributed by atoms with Gasteiger partial charge in [-0.05, 0) is 43.0 Å². The fourth-order valence-electron chi connectivity index (χ4n) is 2.42. The Hall–Kier alpha value is -1.20. The summed E-state index contributed by atoms with van der Waals surface area (Å²) in [7, 11) is 0. The summed E-state index contributed by atoms with van der Waals surface area (Å²) >= 11 is 0. The van der Waals surface area contributed by atoms with Gasteiger partial charge in [-0.25, -0.2) is 8.78 Å². The molecule has 0 spiro atoms. The summed E-state index contributed by atoms with van der Waals surface area (Å²) in [6, 6.07) is 3.21. The first-order valence-corrected chi connectivity index (χ1v) is 6.51. The second kappa shape index (κ2) is 7.55. The lowest BCUT2D eigenvalue weighted by Crippen LogP contribution is -2.40. The first-order valence-electron chi connectivity index (χ1n) is 6.51. The highest BCUT2D eigenvalue weighted by atomic mass is 35.5. The van der Waals surface area contributed by atoms with Gasteiger partial charge in [0.15, 0.2) is 0 Å². The van der Waals surface area contributed by atoms with Gasteiger partial charge in [0.05, 0.1) is 6.42 Å². The number of amides is 1. The molecule has 0 atom stereocenters. The number of hydrogen-bond acceptors (Lipinski definition) is 2. The molecule has 1 amide bonds. The normalized spacial score (nSPS) is 15.8. The minimum Gasteiger partial charge on any atom is -0.342 e. The molecule has 0 saturated carbocycles. The minimum atomic E-state index is -0.648. The average Bonchev–Trinajstić information content (AvgIpc) is 2.37. The Kier molecular flexibility index (Phi) is 6.36. The van der Waals surface area contributed by atoms with Crippen molar-refractivity contribution in [3.63, 3.8) is 0 Å². The Morgan fingerprint density at radius 3 is 2.25 bits per heavy atom. The summed E-state index contributed by atoms with van der Waals surface area (Å²) in [6.45, 7) is 2.01. The van der Waals surface area contributed by atoms with Crippen LogP contribution in [0.1, 0.15) is 18.4 Å². The molecule has 0 unspecified atom stereocenters. The predicted molar refractivity (Wildman–Crippen MR) is 75.7 cm³/mol. The Labute approximate surface area is 123 Å². The molecule has 1 aliphatic rings. The second-order valence-electron chi connectivity index (χ2n) is 5.01. The van der Waals surface area contributed by atoms with Crippen LogP contribution >= 0.6 is 12.4 Å². The highest BCUT2D eigenvalue weighted by Crippen LogP contribution is 2.17. The van der Waals surface area contributed by atoms with Crippen LogP contribution in [-0.2, 0) is 11.2 Å². The van der Waals surface area contributed by atoms with Gasteiger partial charge in [-0.2, -0.15) is 0 Å². The van der Waals surface area contributed by atoms with Gasteiger partial charge in [-0.15, -0.1) is 12.4 Å². The molecular formula is C14H19ClF2N2O. The third-order valence-electron chi connectivity index (χ3n) is 3.58. The molecule has 112 valence electrons. The maximum Gasteiger partial charge on any atom is 0.226 e. The van der Waals surface area contributed by atoms with E-state index in [-0.39, 0.29) is 24.7 Å². The van der Waals surface area contributed by atoms with Gasteiger partial charge < -0.3 is 10.6 Å². The van der Waals surface area contributed by atoms with Crippen molar-refractivity contribution in [3.05, 3.63) is 35.4 Å². The zero-order chi connectivity index (χ0) is 13.8. The van der Waals surface area contributed by atoms with Gasteiger partial charge >= 0.3 is 0 Å². The van der Waals surface area contributed by atoms with Crippen molar-refractivity contribution in [2.75, 3.05) is 19.6 Å². The van der Waals surface area contributed by atoms with Crippen LogP contribution in [0.15, 0.2) is 18.2 Å². The van der Waals surface area contributed by atoms with Crippen LogP contribution in [0.3, 0.4) is 0 Å². The van der Waals surface area contributed by atoms with Gasteiger partial charge in [0.25, 0.3) is 0 Å². The van der Waals surface area contributed by atoms with Gasteiger partial charge in [-0.3, -0.25) is 4.79 Å². The molecule has 1 fully saturated rings. The van der Waals surface area contributed by atoms with Gasteiger partial charge in [0, 0.05) is 19.2 Å². The Bertz CT molecular complexity index is 442. The Morgan fingerprint density at radius 2 is 1.75 bits per heavy atom. The summed E-state index contributed by atoms with van der Waals surface area (Å²) in [5.74, 6) is -0.898. The molecule has 6 heteroatoms. The average molecular weight is 305 g/mol. The molecule has 0 bridgehead atoms. The van der Waals surface area contributed by atoms with E-state index < -0.39 is 11.6 Å². The van der Waals surface area contributed by atoms with E-state index in [9.17, 15) is 13.6 Å². The van der Waals surface area contributed by atoms with E-state index in [1.807, 2.05) is 0 Å². The fraction of sp³-hybridized carbons (Fsp3) is 0.500. The molecule has 3 nitrogen and oxygen atoms in total. The van der Waals surface area contributed by atoms with Crippen LogP contribution in [0.25, 0.3) is 0 Å². The van der Waals surface area contributed by atoms with Gasteiger partial charge in [0.2, 0.25) is 5.91 Å².